The van der Waals surface area contributed by atoms with Gasteiger partial charge in [-0.1, -0.05) is 59.2 Å². The monoisotopic (exact) mass is 494 g/mol. The summed E-state index contributed by atoms with van der Waals surface area (Å²) in [6.45, 7) is 2.34. The number of esters is 1. The predicted octanol–water partition coefficient (Wildman–Crippen LogP) is 5.13. The number of nitrogens with one attached hydrogen (secondary N) is 1. The quantitative estimate of drug-likeness (QED) is 0.338. The lowest BCUT2D eigenvalue weighted by atomic mass is 10.1. The van der Waals surface area contributed by atoms with Gasteiger partial charge in [0.25, 0.3) is 0 Å². The Kier molecular flexibility index (Phi) is 7.47. The van der Waals surface area contributed by atoms with Crippen molar-refractivity contribution in [1.82, 2.24) is 14.7 Å². The highest BCUT2D eigenvalue weighted by Gasteiger charge is 2.19. The number of imidazole rings is 1. The van der Waals surface area contributed by atoms with Crippen LogP contribution in [0.4, 0.5) is 10.5 Å². The number of rotatable bonds is 8. The smallest absolute Gasteiger partial charge is 0.411 e. The van der Waals surface area contributed by atoms with Gasteiger partial charge in [0, 0.05) is 23.6 Å². The molecule has 0 aliphatic rings. The Labute approximate surface area is 206 Å². The summed E-state index contributed by atoms with van der Waals surface area (Å²) in [4.78, 5) is 28.3. The van der Waals surface area contributed by atoms with E-state index in [2.05, 4.69) is 15.5 Å². The molecule has 0 aliphatic carbocycles. The van der Waals surface area contributed by atoms with Crippen LogP contribution in [-0.4, -0.2) is 40.5 Å². The van der Waals surface area contributed by atoms with E-state index in [1.54, 1.807) is 23.9 Å². The van der Waals surface area contributed by atoms with Crippen molar-refractivity contribution in [2.45, 2.75) is 19.9 Å². The molecule has 0 atom stereocenters. The molecule has 35 heavy (non-hydrogen) atoms. The number of aryl methyl sites for hydroxylation is 1. The van der Waals surface area contributed by atoms with E-state index in [1.807, 2.05) is 42.5 Å². The third-order valence-corrected chi connectivity index (χ3v) is 5.70. The molecule has 0 radical (unpaired) electrons. The second-order valence-corrected chi connectivity index (χ2v) is 8.08. The first kappa shape index (κ1) is 24.0. The number of halogens is 1. The normalized spacial score (nSPS) is 10.7. The van der Waals surface area contributed by atoms with E-state index in [0.29, 0.717) is 40.8 Å². The number of nitrogens with zero attached hydrogens (tertiary/aromatic N) is 3. The number of hydrogen-bond donors (Lipinski definition) is 1. The fourth-order valence-electron chi connectivity index (χ4n) is 3.49. The lowest BCUT2D eigenvalue weighted by Crippen LogP contribution is -2.16. The Morgan fingerprint density at radius 2 is 1.91 bits per heavy atom. The number of carbonyl (C=O) groups is 2. The fourth-order valence-corrected chi connectivity index (χ4v) is 3.72. The Morgan fingerprint density at radius 3 is 2.66 bits per heavy atom. The average Bonchev–Trinajstić information content (AvgIpc) is 3.47. The van der Waals surface area contributed by atoms with Crippen LogP contribution in [0, 0.1) is 6.92 Å². The van der Waals surface area contributed by atoms with Gasteiger partial charge < -0.3 is 18.6 Å². The van der Waals surface area contributed by atoms with Gasteiger partial charge in [0.2, 0.25) is 0 Å². The maximum Gasteiger partial charge on any atom is 0.411 e. The summed E-state index contributed by atoms with van der Waals surface area (Å²) in [5.41, 5.74) is 3.87. The lowest BCUT2D eigenvalue weighted by molar-refractivity contribution is 0.0589. The number of ether oxygens (including phenoxy) is 2. The highest BCUT2D eigenvalue weighted by Crippen LogP contribution is 2.31. The number of amides is 1. The molecular weight excluding hydrogens is 472 g/mol. The van der Waals surface area contributed by atoms with Crippen LogP contribution in [0.25, 0.3) is 11.3 Å². The van der Waals surface area contributed by atoms with Gasteiger partial charge in [-0.25, -0.2) is 14.6 Å². The molecule has 0 saturated carbocycles. The zero-order valence-corrected chi connectivity index (χ0v) is 19.9. The van der Waals surface area contributed by atoms with Crippen molar-refractivity contribution in [3.63, 3.8) is 0 Å². The summed E-state index contributed by atoms with van der Waals surface area (Å²) < 4.78 is 17.3. The molecule has 0 fully saturated rings. The first-order valence-corrected chi connectivity index (χ1v) is 11.1. The van der Waals surface area contributed by atoms with E-state index in [4.69, 9.17) is 25.6 Å². The topological polar surface area (TPSA) is 108 Å². The Balaban J connectivity index is 1.40. The van der Waals surface area contributed by atoms with Crippen molar-refractivity contribution in [3.8, 4) is 11.3 Å². The Bertz CT molecular complexity index is 1330. The molecule has 10 heteroatoms. The molecule has 2 heterocycles. The van der Waals surface area contributed by atoms with Gasteiger partial charge in [0.05, 0.1) is 26.2 Å². The number of hydrogen-bond acceptors (Lipinski definition) is 7. The van der Waals surface area contributed by atoms with E-state index >= 15 is 0 Å². The van der Waals surface area contributed by atoms with Crippen molar-refractivity contribution in [2.75, 3.05) is 19.0 Å². The summed E-state index contributed by atoms with van der Waals surface area (Å²) in [6.07, 6.45) is 2.91. The van der Waals surface area contributed by atoms with Gasteiger partial charge in [-0.15, -0.1) is 0 Å². The number of anilines is 1. The van der Waals surface area contributed by atoms with E-state index in [1.165, 1.54) is 13.3 Å². The molecular formula is C25H23ClN4O5. The zero-order valence-electron chi connectivity index (χ0n) is 19.2. The zero-order chi connectivity index (χ0) is 24.8. The van der Waals surface area contributed by atoms with Crippen LogP contribution < -0.4 is 5.32 Å². The average molecular weight is 495 g/mol. The minimum atomic E-state index is -0.614. The molecule has 2 aromatic carbocycles. The molecule has 4 rings (SSSR count). The third kappa shape index (κ3) is 5.70. The van der Waals surface area contributed by atoms with E-state index in [-0.39, 0.29) is 6.61 Å². The number of benzene rings is 2. The Hall–Kier alpha value is -4.11. The lowest BCUT2D eigenvalue weighted by Gasteiger charge is -2.09. The van der Waals surface area contributed by atoms with Crippen molar-refractivity contribution < 1.29 is 23.6 Å². The molecule has 1 amide bonds. The van der Waals surface area contributed by atoms with Gasteiger partial charge >= 0.3 is 12.1 Å². The molecule has 0 saturated heterocycles. The molecule has 9 nitrogen and oxygen atoms in total. The van der Waals surface area contributed by atoms with Crippen molar-refractivity contribution in [3.05, 3.63) is 88.6 Å². The Morgan fingerprint density at radius 1 is 1.14 bits per heavy atom. The van der Waals surface area contributed by atoms with Crippen LogP contribution in [-0.2, 0) is 22.4 Å². The molecule has 180 valence electrons. The van der Waals surface area contributed by atoms with Gasteiger partial charge in [0.1, 0.15) is 17.1 Å². The summed E-state index contributed by atoms with van der Waals surface area (Å²) >= 11 is 6.14. The standard InChI is InChI=1S/C25H23ClN4O5/c1-16-22(28-25(32)34-12-11-18-5-3-4-6-20(18)26)23(35-29-16)19-9-7-17(8-10-19)14-30-15-27-13-21(30)24(31)33-2/h3-10,13,15H,11-12,14H2,1-2H3,(H,28,32). The first-order valence-electron chi connectivity index (χ1n) is 10.8. The maximum absolute atomic E-state index is 12.4. The molecule has 0 bridgehead atoms. The maximum atomic E-state index is 12.4. The summed E-state index contributed by atoms with van der Waals surface area (Å²) in [5, 5.41) is 7.34. The number of methoxy groups -OCH3 is 1. The summed E-state index contributed by atoms with van der Waals surface area (Å²) in [5.74, 6) is -0.0410. The summed E-state index contributed by atoms with van der Waals surface area (Å²) in [7, 11) is 1.33. The largest absolute Gasteiger partial charge is 0.464 e. The van der Waals surface area contributed by atoms with Crippen LogP contribution >= 0.6 is 11.6 Å². The predicted molar refractivity (Wildman–Crippen MR) is 129 cm³/mol. The second-order valence-electron chi connectivity index (χ2n) is 7.67. The molecule has 0 spiro atoms. The second kappa shape index (κ2) is 10.9. The van der Waals surface area contributed by atoms with Crippen molar-refractivity contribution in [2.24, 2.45) is 0 Å². The number of carbonyl (C=O) groups excluding carboxylic acids is 2. The van der Waals surface area contributed by atoms with E-state index in [0.717, 1.165) is 16.7 Å². The van der Waals surface area contributed by atoms with E-state index < -0.39 is 12.1 Å². The van der Waals surface area contributed by atoms with Crippen LogP contribution in [0.3, 0.4) is 0 Å². The highest BCUT2D eigenvalue weighted by atomic mass is 35.5. The van der Waals surface area contributed by atoms with Gasteiger partial charge in [0.15, 0.2) is 5.76 Å². The molecule has 1 N–H and O–H groups in total. The highest BCUT2D eigenvalue weighted by molar-refractivity contribution is 6.31. The van der Waals surface area contributed by atoms with Crippen LogP contribution in [0.1, 0.15) is 27.3 Å². The molecule has 4 aromatic rings. The minimum absolute atomic E-state index is 0.172. The van der Waals surface area contributed by atoms with Crippen LogP contribution in [0.2, 0.25) is 5.02 Å². The third-order valence-electron chi connectivity index (χ3n) is 5.33. The summed E-state index contributed by atoms with van der Waals surface area (Å²) in [6, 6.07) is 14.9. The van der Waals surface area contributed by atoms with Crippen LogP contribution in [0.15, 0.2) is 65.6 Å². The molecule has 0 aliphatic heterocycles. The fraction of sp³-hybridized carbons (Fsp3) is 0.200. The molecule has 0 unspecified atom stereocenters. The first-order chi connectivity index (χ1) is 17.0. The van der Waals surface area contributed by atoms with Crippen LogP contribution in [0.5, 0.6) is 0 Å². The van der Waals surface area contributed by atoms with Gasteiger partial charge in [-0.05, 0) is 24.1 Å². The van der Waals surface area contributed by atoms with E-state index in [9.17, 15) is 9.59 Å². The minimum Gasteiger partial charge on any atom is -0.464 e. The van der Waals surface area contributed by atoms with Crippen molar-refractivity contribution in [1.29, 1.82) is 0 Å². The molecule has 2 aromatic heterocycles. The van der Waals surface area contributed by atoms with Gasteiger partial charge in [-0.3, -0.25) is 5.32 Å². The SMILES string of the molecule is COC(=O)c1cncn1Cc1ccc(-c2onc(C)c2NC(=O)OCCc2ccccc2Cl)cc1. The van der Waals surface area contributed by atoms with Crippen molar-refractivity contribution >= 4 is 29.4 Å². The van der Waals surface area contributed by atoms with Gasteiger partial charge in [-0.2, -0.15) is 0 Å². The number of aromatic nitrogens is 3.